The number of nitrogens with one attached hydrogen (secondary N) is 1. The first-order valence-corrected chi connectivity index (χ1v) is 14.5. The van der Waals surface area contributed by atoms with Crippen LogP contribution in [0, 0.1) is 11.8 Å². The zero-order valence-electron chi connectivity index (χ0n) is 23.7. The summed E-state index contributed by atoms with van der Waals surface area (Å²) in [6, 6.07) is 3.82. The van der Waals surface area contributed by atoms with Crippen LogP contribution in [0.2, 0.25) is 0 Å². The highest BCUT2D eigenvalue weighted by Gasteiger charge is 2.39. The van der Waals surface area contributed by atoms with Gasteiger partial charge in [0.25, 0.3) is 0 Å². The third kappa shape index (κ3) is 6.51. The van der Waals surface area contributed by atoms with Crippen molar-refractivity contribution in [1.82, 2.24) is 20.6 Å². The van der Waals surface area contributed by atoms with E-state index in [1.54, 1.807) is 5.01 Å². The quantitative estimate of drug-likeness (QED) is 0.299. The van der Waals surface area contributed by atoms with Crippen molar-refractivity contribution in [3.05, 3.63) is 57.8 Å². The molecule has 1 N–H and O–H groups in total. The third-order valence-electron chi connectivity index (χ3n) is 8.53. The number of halogens is 6. The molecule has 7 nitrogen and oxygen atoms in total. The molecule has 2 aromatic rings. The minimum atomic E-state index is -4.93. The summed E-state index contributed by atoms with van der Waals surface area (Å²) in [7, 11) is 0. The molecule has 4 aliphatic rings. The molecular formula is C29H35F6N7. The van der Waals surface area contributed by atoms with Gasteiger partial charge in [-0.1, -0.05) is 13.8 Å². The number of pyridine rings is 1. The number of hydrogen-bond acceptors (Lipinski definition) is 7. The number of hydrogen-bond donors (Lipinski definition) is 1. The smallest absolute Gasteiger partial charge is 0.356 e. The van der Waals surface area contributed by atoms with Gasteiger partial charge in [-0.05, 0) is 91.0 Å². The minimum Gasteiger partial charge on any atom is -0.356 e. The van der Waals surface area contributed by atoms with Crippen molar-refractivity contribution in [2.24, 2.45) is 22.2 Å². The molecular weight excluding hydrogens is 560 g/mol. The SMILES string of the molecule is CC1(C)CCc2cc(CN(Cc3cc(C(F)(F)F)cc(C(F)(F)F)c3)N3N=NCN3)c(N(CC3CC3)CC3CC3)nc21. The van der Waals surface area contributed by atoms with Crippen molar-refractivity contribution in [3.63, 3.8) is 0 Å². The van der Waals surface area contributed by atoms with Crippen LogP contribution in [0.25, 0.3) is 0 Å². The standard InChI is InChI=1S/C29H35F6N7/c1-27(2)8-7-21-11-22(26(38-25(21)27)40(13-18-3-4-18)14-19-5-6-19)16-41(42-37-17-36-39-42)15-20-9-23(28(30,31)32)12-24(10-20)29(33,34)35/h9-12,18-19,37H,3-8,13-17H2,1-2H3. The number of nitrogens with zero attached hydrogens (tertiary/aromatic N) is 6. The molecule has 0 unspecified atom stereocenters. The molecule has 13 heteroatoms. The molecule has 2 saturated carbocycles. The van der Waals surface area contributed by atoms with Crippen molar-refractivity contribution in [3.8, 4) is 0 Å². The first kappa shape index (κ1) is 29.2. The fourth-order valence-corrected chi connectivity index (χ4v) is 5.88. The van der Waals surface area contributed by atoms with E-state index in [9.17, 15) is 26.3 Å². The maximum Gasteiger partial charge on any atom is 0.416 e. The molecule has 3 aliphatic carbocycles. The summed E-state index contributed by atoms with van der Waals surface area (Å²) in [5, 5.41) is 10.9. The Morgan fingerprint density at radius 3 is 2.05 bits per heavy atom. The van der Waals surface area contributed by atoms with E-state index in [2.05, 4.69) is 40.6 Å². The Morgan fingerprint density at radius 2 is 1.52 bits per heavy atom. The molecule has 1 aromatic carbocycles. The van der Waals surface area contributed by atoms with Crippen molar-refractivity contribution < 1.29 is 26.3 Å². The van der Waals surface area contributed by atoms with Gasteiger partial charge < -0.3 is 4.90 Å². The number of hydrazine groups is 2. The Hall–Kier alpha value is -2.93. The first-order valence-electron chi connectivity index (χ1n) is 14.5. The van der Waals surface area contributed by atoms with Gasteiger partial charge in [-0.3, -0.25) is 0 Å². The van der Waals surface area contributed by atoms with E-state index in [1.807, 2.05) is 0 Å². The van der Waals surface area contributed by atoms with Gasteiger partial charge in [0.05, 0.1) is 23.4 Å². The van der Waals surface area contributed by atoms with Gasteiger partial charge in [0.2, 0.25) is 0 Å². The lowest BCUT2D eigenvalue weighted by Crippen LogP contribution is -2.44. The second-order valence-corrected chi connectivity index (χ2v) is 12.7. The lowest BCUT2D eigenvalue weighted by molar-refractivity contribution is -0.143. The fourth-order valence-electron chi connectivity index (χ4n) is 5.88. The molecule has 0 amide bonds. The molecule has 6 rings (SSSR count). The highest BCUT2D eigenvalue weighted by Crippen LogP contribution is 2.42. The molecule has 2 fully saturated rings. The first-order chi connectivity index (χ1) is 19.8. The molecule has 1 aromatic heterocycles. The number of rotatable bonds is 10. The molecule has 0 spiro atoms. The van der Waals surface area contributed by atoms with Gasteiger partial charge in [-0.25, -0.2) is 4.98 Å². The Balaban J connectivity index is 1.38. The van der Waals surface area contributed by atoms with Gasteiger partial charge in [0.15, 0.2) is 0 Å². The van der Waals surface area contributed by atoms with Crippen molar-refractivity contribution >= 4 is 5.82 Å². The zero-order chi connectivity index (χ0) is 29.9. The molecule has 1 aliphatic heterocycles. The van der Waals surface area contributed by atoms with E-state index >= 15 is 0 Å². The predicted molar refractivity (Wildman–Crippen MR) is 144 cm³/mol. The van der Waals surface area contributed by atoms with Crippen molar-refractivity contribution in [1.29, 1.82) is 0 Å². The zero-order valence-corrected chi connectivity index (χ0v) is 23.7. The van der Waals surface area contributed by atoms with E-state index in [4.69, 9.17) is 4.98 Å². The maximum atomic E-state index is 13.6. The Labute approximate surface area is 240 Å². The fraction of sp³-hybridized carbons (Fsp3) is 0.621. The van der Waals surface area contributed by atoms with Crippen LogP contribution < -0.4 is 10.3 Å². The summed E-state index contributed by atoms with van der Waals surface area (Å²) in [4.78, 5) is 7.62. The summed E-state index contributed by atoms with van der Waals surface area (Å²) in [5.41, 5.74) is 3.11. The van der Waals surface area contributed by atoms with E-state index in [0.29, 0.717) is 11.8 Å². The van der Waals surface area contributed by atoms with Crippen LogP contribution in [0.3, 0.4) is 0 Å². The van der Waals surface area contributed by atoms with Crippen molar-refractivity contribution in [2.75, 3.05) is 24.7 Å². The van der Waals surface area contributed by atoms with E-state index in [0.717, 1.165) is 60.7 Å². The largest absolute Gasteiger partial charge is 0.416 e. The highest BCUT2D eigenvalue weighted by atomic mass is 19.4. The summed E-state index contributed by atoms with van der Waals surface area (Å²) in [5.74, 6) is 2.06. The molecule has 42 heavy (non-hydrogen) atoms. The van der Waals surface area contributed by atoms with E-state index < -0.39 is 23.5 Å². The molecule has 0 bridgehead atoms. The van der Waals surface area contributed by atoms with Crippen LogP contribution in [-0.4, -0.2) is 35.0 Å². The van der Waals surface area contributed by atoms with Gasteiger partial charge >= 0.3 is 12.4 Å². The van der Waals surface area contributed by atoms with E-state index in [-0.39, 0.29) is 36.8 Å². The van der Waals surface area contributed by atoms with Crippen LogP contribution in [0.15, 0.2) is 34.6 Å². The summed E-state index contributed by atoms with van der Waals surface area (Å²) >= 11 is 0. The van der Waals surface area contributed by atoms with Crippen LogP contribution in [-0.2, 0) is 37.3 Å². The van der Waals surface area contributed by atoms with Gasteiger partial charge in [0, 0.05) is 30.6 Å². The Kier molecular flexibility index (Phi) is 7.40. The number of fused-ring (bicyclic) bond motifs is 1. The lowest BCUT2D eigenvalue weighted by atomic mass is 9.90. The van der Waals surface area contributed by atoms with Crippen molar-refractivity contribution in [2.45, 2.75) is 83.2 Å². The second-order valence-electron chi connectivity index (χ2n) is 12.7. The molecule has 0 radical (unpaired) electrons. The van der Waals surface area contributed by atoms with Gasteiger partial charge in [0.1, 0.15) is 12.5 Å². The highest BCUT2D eigenvalue weighted by molar-refractivity contribution is 5.53. The van der Waals surface area contributed by atoms with Crippen LogP contribution in [0.5, 0.6) is 0 Å². The number of aromatic nitrogens is 1. The van der Waals surface area contributed by atoms with Gasteiger partial charge in [-0.15, -0.1) is 5.23 Å². The normalized spacial score (nSPS) is 20.1. The molecule has 0 atom stereocenters. The predicted octanol–water partition coefficient (Wildman–Crippen LogP) is 7.03. The molecule has 228 valence electrons. The number of aryl methyl sites for hydroxylation is 1. The Morgan fingerprint density at radius 1 is 0.905 bits per heavy atom. The number of alkyl halides is 6. The summed E-state index contributed by atoms with van der Waals surface area (Å²) < 4.78 is 81.7. The van der Waals surface area contributed by atoms with Gasteiger partial charge in [-0.2, -0.15) is 41.9 Å². The van der Waals surface area contributed by atoms with Crippen LogP contribution in [0.4, 0.5) is 32.2 Å². The topological polar surface area (TPSA) is 59.4 Å². The van der Waals surface area contributed by atoms with Crippen LogP contribution in [0.1, 0.15) is 79.5 Å². The third-order valence-corrected chi connectivity index (χ3v) is 8.53. The summed E-state index contributed by atoms with van der Waals surface area (Å²) in [6.07, 6.45) is -3.34. The number of benzene rings is 1. The van der Waals surface area contributed by atoms with E-state index in [1.165, 1.54) is 30.9 Å². The monoisotopic (exact) mass is 595 g/mol. The Bertz CT molecular complexity index is 1300. The lowest BCUT2D eigenvalue weighted by Gasteiger charge is -2.32. The minimum absolute atomic E-state index is 0.0795. The average Bonchev–Trinajstić information content (AvgIpc) is 3.82. The average molecular weight is 596 g/mol. The second kappa shape index (κ2) is 10.7. The molecule has 2 heterocycles. The number of anilines is 1. The maximum absolute atomic E-state index is 13.6. The van der Waals surface area contributed by atoms with Crippen LogP contribution >= 0.6 is 0 Å². The molecule has 0 saturated heterocycles. The summed E-state index contributed by atoms with van der Waals surface area (Å²) in [6.45, 7) is 6.21.